The lowest BCUT2D eigenvalue weighted by molar-refractivity contribution is -0.133. The lowest BCUT2D eigenvalue weighted by atomic mass is 10.1. The number of ether oxygens (including phenoxy) is 1. The van der Waals surface area contributed by atoms with Gasteiger partial charge in [-0.25, -0.2) is 9.37 Å². The van der Waals surface area contributed by atoms with E-state index >= 15 is 0 Å². The Morgan fingerprint density at radius 3 is 2.80 bits per heavy atom. The second-order valence-electron chi connectivity index (χ2n) is 7.53. The van der Waals surface area contributed by atoms with E-state index in [1.807, 2.05) is 6.07 Å². The zero-order valence-corrected chi connectivity index (χ0v) is 16.6. The summed E-state index contributed by atoms with van der Waals surface area (Å²) in [7, 11) is 0. The molecule has 3 aromatic rings. The molecule has 1 atom stereocenters. The Balaban J connectivity index is 1.52. The molecular formula is C23H24FN3O3. The van der Waals surface area contributed by atoms with Crippen molar-refractivity contribution in [3.05, 3.63) is 76.1 Å². The van der Waals surface area contributed by atoms with Crippen LogP contribution in [-0.4, -0.2) is 40.0 Å². The van der Waals surface area contributed by atoms with E-state index in [1.54, 1.807) is 41.3 Å². The molecule has 2 aromatic carbocycles. The average molecular weight is 409 g/mol. The molecule has 7 heteroatoms. The third-order valence-electron chi connectivity index (χ3n) is 5.37. The van der Waals surface area contributed by atoms with Gasteiger partial charge in [-0.15, -0.1) is 0 Å². The number of hydrogen-bond donors (Lipinski definition) is 1. The van der Waals surface area contributed by atoms with Gasteiger partial charge in [0.1, 0.15) is 11.6 Å². The van der Waals surface area contributed by atoms with Gasteiger partial charge in [-0.05, 0) is 43.0 Å². The predicted octanol–water partition coefficient (Wildman–Crippen LogP) is 3.20. The van der Waals surface area contributed by atoms with Crippen LogP contribution in [0.25, 0.3) is 10.9 Å². The molecule has 0 bridgehead atoms. The first-order valence-corrected chi connectivity index (χ1v) is 10.2. The lowest BCUT2D eigenvalue weighted by Gasteiger charge is -2.25. The number of aromatic amines is 1. The molecular weight excluding hydrogens is 385 g/mol. The minimum absolute atomic E-state index is 0.0328. The smallest absolute Gasteiger partial charge is 0.258 e. The number of carbonyl (C=O) groups is 1. The molecule has 4 rings (SSSR count). The minimum Gasteiger partial charge on any atom is -0.376 e. The number of nitrogens with zero attached hydrogens (tertiary/aromatic N) is 2. The number of benzene rings is 2. The number of rotatable bonds is 7. The Labute approximate surface area is 173 Å². The number of carbonyl (C=O) groups excluding carboxylic acids is 1. The highest BCUT2D eigenvalue weighted by Crippen LogP contribution is 2.17. The molecule has 1 fully saturated rings. The van der Waals surface area contributed by atoms with Crippen molar-refractivity contribution in [2.24, 2.45) is 0 Å². The molecule has 1 amide bonds. The van der Waals surface area contributed by atoms with Gasteiger partial charge < -0.3 is 14.6 Å². The molecule has 0 spiro atoms. The Morgan fingerprint density at radius 2 is 2.00 bits per heavy atom. The van der Waals surface area contributed by atoms with Crippen molar-refractivity contribution < 1.29 is 13.9 Å². The number of nitrogens with one attached hydrogen (secondary N) is 1. The van der Waals surface area contributed by atoms with Crippen molar-refractivity contribution in [1.82, 2.24) is 14.9 Å². The SMILES string of the molecule is O=C(CCc1ccccc1F)N(Cc1nc2ccccc2c(=O)[nH]1)C[C@H]1CCCO1. The van der Waals surface area contributed by atoms with E-state index in [0.717, 1.165) is 12.8 Å². The van der Waals surface area contributed by atoms with Crippen molar-refractivity contribution in [3.8, 4) is 0 Å². The molecule has 1 N–H and O–H groups in total. The van der Waals surface area contributed by atoms with Crippen molar-refractivity contribution in [1.29, 1.82) is 0 Å². The van der Waals surface area contributed by atoms with Crippen LogP contribution in [0.1, 0.15) is 30.7 Å². The number of para-hydroxylation sites is 1. The van der Waals surface area contributed by atoms with Crippen LogP contribution in [0, 0.1) is 5.82 Å². The van der Waals surface area contributed by atoms with Crippen LogP contribution in [0.4, 0.5) is 4.39 Å². The van der Waals surface area contributed by atoms with Gasteiger partial charge in [0.2, 0.25) is 5.91 Å². The van der Waals surface area contributed by atoms with Gasteiger partial charge in [0.25, 0.3) is 5.56 Å². The van der Waals surface area contributed by atoms with Crippen LogP contribution in [0.15, 0.2) is 53.3 Å². The third kappa shape index (κ3) is 4.74. The standard InChI is InChI=1S/C23H24FN3O3/c24-19-9-3-1-6-16(19)11-12-22(28)27(14-17-7-5-13-30-17)15-21-25-20-10-4-2-8-18(20)23(29)26-21/h1-4,6,8-10,17H,5,7,11-15H2,(H,25,26,29)/t17-/m1/s1. The molecule has 1 saturated heterocycles. The fourth-order valence-electron chi connectivity index (χ4n) is 3.78. The number of H-pyrrole nitrogens is 1. The van der Waals surface area contributed by atoms with Crippen LogP contribution in [0.3, 0.4) is 0 Å². The minimum atomic E-state index is -0.309. The summed E-state index contributed by atoms with van der Waals surface area (Å²) in [6.07, 6.45) is 2.31. The monoisotopic (exact) mass is 409 g/mol. The Bertz CT molecular complexity index is 1090. The van der Waals surface area contributed by atoms with Crippen molar-refractivity contribution in [3.63, 3.8) is 0 Å². The number of amides is 1. The lowest BCUT2D eigenvalue weighted by Crippen LogP contribution is -2.38. The molecule has 0 aliphatic carbocycles. The summed E-state index contributed by atoms with van der Waals surface area (Å²) in [5.41, 5.74) is 0.874. The molecule has 2 heterocycles. The topological polar surface area (TPSA) is 75.3 Å². The van der Waals surface area contributed by atoms with Crippen molar-refractivity contribution in [2.75, 3.05) is 13.2 Å². The van der Waals surface area contributed by atoms with Gasteiger partial charge in [0.05, 0.1) is 23.6 Å². The second kappa shape index (κ2) is 9.17. The van der Waals surface area contributed by atoms with Crippen molar-refractivity contribution in [2.45, 2.75) is 38.3 Å². The summed E-state index contributed by atoms with van der Waals surface area (Å²) in [6.45, 7) is 1.29. The van der Waals surface area contributed by atoms with Gasteiger partial charge >= 0.3 is 0 Å². The summed E-state index contributed by atoms with van der Waals surface area (Å²) in [5.74, 6) is -0.00278. The molecule has 0 saturated carbocycles. The Morgan fingerprint density at radius 1 is 1.20 bits per heavy atom. The maximum atomic E-state index is 13.9. The highest BCUT2D eigenvalue weighted by molar-refractivity contribution is 5.78. The molecule has 30 heavy (non-hydrogen) atoms. The normalized spacial score (nSPS) is 16.1. The molecule has 0 unspecified atom stereocenters. The zero-order valence-electron chi connectivity index (χ0n) is 16.6. The van der Waals surface area contributed by atoms with E-state index < -0.39 is 0 Å². The van der Waals surface area contributed by atoms with E-state index in [1.165, 1.54) is 6.07 Å². The summed E-state index contributed by atoms with van der Waals surface area (Å²) in [6, 6.07) is 13.6. The van der Waals surface area contributed by atoms with Gasteiger partial charge in [-0.1, -0.05) is 30.3 Å². The maximum absolute atomic E-state index is 13.9. The van der Waals surface area contributed by atoms with Crippen LogP contribution < -0.4 is 5.56 Å². The number of aromatic nitrogens is 2. The van der Waals surface area contributed by atoms with E-state index in [4.69, 9.17) is 4.74 Å². The van der Waals surface area contributed by atoms with Gasteiger partial charge in [-0.3, -0.25) is 9.59 Å². The fraction of sp³-hybridized carbons (Fsp3) is 0.348. The van der Waals surface area contributed by atoms with Crippen LogP contribution in [0.5, 0.6) is 0 Å². The summed E-state index contributed by atoms with van der Waals surface area (Å²) in [5, 5.41) is 0.512. The molecule has 0 radical (unpaired) electrons. The Hall–Kier alpha value is -3.06. The third-order valence-corrected chi connectivity index (χ3v) is 5.37. The Kier molecular flexibility index (Phi) is 6.18. The van der Waals surface area contributed by atoms with E-state index in [9.17, 15) is 14.0 Å². The zero-order chi connectivity index (χ0) is 20.9. The van der Waals surface area contributed by atoms with Gasteiger partial charge in [0, 0.05) is 19.6 Å². The number of hydrogen-bond acceptors (Lipinski definition) is 4. The summed E-state index contributed by atoms with van der Waals surface area (Å²) >= 11 is 0. The quantitative estimate of drug-likeness (QED) is 0.650. The number of halogens is 1. The van der Waals surface area contributed by atoms with Gasteiger partial charge in [-0.2, -0.15) is 0 Å². The van der Waals surface area contributed by atoms with Crippen LogP contribution in [0.2, 0.25) is 0 Å². The highest BCUT2D eigenvalue weighted by Gasteiger charge is 2.23. The number of aryl methyl sites for hydroxylation is 1. The number of fused-ring (bicyclic) bond motifs is 1. The molecule has 1 aliphatic heterocycles. The van der Waals surface area contributed by atoms with E-state index in [-0.39, 0.29) is 36.4 Å². The maximum Gasteiger partial charge on any atom is 0.258 e. The predicted molar refractivity (Wildman–Crippen MR) is 111 cm³/mol. The van der Waals surface area contributed by atoms with E-state index in [2.05, 4.69) is 9.97 Å². The first kappa shape index (κ1) is 20.2. The first-order valence-electron chi connectivity index (χ1n) is 10.2. The molecule has 6 nitrogen and oxygen atoms in total. The summed E-state index contributed by atoms with van der Waals surface area (Å²) < 4.78 is 19.6. The molecule has 1 aliphatic rings. The molecule has 1 aromatic heterocycles. The molecule has 156 valence electrons. The van der Waals surface area contributed by atoms with Crippen molar-refractivity contribution >= 4 is 16.8 Å². The summed E-state index contributed by atoms with van der Waals surface area (Å²) in [4.78, 5) is 34.3. The highest BCUT2D eigenvalue weighted by atomic mass is 19.1. The van der Waals surface area contributed by atoms with E-state index in [0.29, 0.717) is 41.9 Å². The van der Waals surface area contributed by atoms with Crippen LogP contribution >= 0.6 is 0 Å². The first-order chi connectivity index (χ1) is 14.6. The largest absolute Gasteiger partial charge is 0.376 e. The second-order valence-corrected chi connectivity index (χ2v) is 7.53. The fourth-order valence-corrected chi connectivity index (χ4v) is 3.78. The van der Waals surface area contributed by atoms with Crippen LogP contribution in [-0.2, 0) is 22.5 Å². The average Bonchev–Trinajstić information content (AvgIpc) is 3.26. The van der Waals surface area contributed by atoms with Gasteiger partial charge in [0.15, 0.2) is 0 Å².